The molecule has 2 heterocycles. The molecule has 0 amide bonds. The summed E-state index contributed by atoms with van der Waals surface area (Å²) in [4.78, 5) is 13.2. The van der Waals surface area contributed by atoms with Crippen LogP contribution < -0.4 is 10.9 Å². The fourth-order valence-electron chi connectivity index (χ4n) is 3.95. The lowest BCUT2D eigenvalue weighted by Crippen LogP contribution is -2.17. The molecule has 0 saturated carbocycles. The molecule has 4 aromatic rings. The summed E-state index contributed by atoms with van der Waals surface area (Å²) in [6.45, 7) is 4.46. The largest absolute Gasteiger partial charge is 0.385 e. The second-order valence-corrected chi connectivity index (χ2v) is 10.4. The minimum absolute atomic E-state index is 0.0212. The Bertz CT molecular complexity index is 1500. The molecule has 0 atom stereocenters. The minimum atomic E-state index is -3.39. The molecule has 4 rings (SSSR count). The van der Waals surface area contributed by atoms with Gasteiger partial charge in [-0.1, -0.05) is 19.9 Å². The Morgan fingerprint density at radius 2 is 1.73 bits per heavy atom. The van der Waals surface area contributed by atoms with E-state index in [1.807, 2.05) is 37.5 Å². The van der Waals surface area contributed by atoms with E-state index in [1.54, 1.807) is 47.7 Å². The highest BCUT2D eigenvalue weighted by molar-refractivity contribution is 7.91. The van der Waals surface area contributed by atoms with Crippen molar-refractivity contribution in [3.8, 4) is 22.3 Å². The SMILES string of the molecule is CCCNc1ccc(S(=O)(=O)CC)cc1-c1cn(C)c(=O)c2ccc(-c3cnn(C)c3)cc12. The highest BCUT2D eigenvalue weighted by atomic mass is 32.2. The van der Waals surface area contributed by atoms with Gasteiger partial charge in [-0.15, -0.1) is 0 Å². The number of benzene rings is 2. The number of aryl methyl sites for hydroxylation is 2. The smallest absolute Gasteiger partial charge is 0.258 e. The zero-order chi connectivity index (χ0) is 23.8. The summed E-state index contributed by atoms with van der Waals surface area (Å²) in [6, 6.07) is 10.9. The normalized spacial score (nSPS) is 11.8. The molecule has 7 nitrogen and oxygen atoms in total. The molecule has 2 aromatic heterocycles. The standard InChI is InChI=1S/C25H28N4O3S/c1-5-11-26-24-10-8-19(33(31,32)6-2)13-22(24)23-16-28(3)25(30)20-9-7-17(12-21(20)23)18-14-27-29(4)15-18/h7-10,12-16,26H,5-6,11H2,1-4H3. The van der Waals surface area contributed by atoms with Gasteiger partial charge in [-0.05, 0) is 47.7 Å². The molecule has 0 fully saturated rings. The maximum atomic E-state index is 12.9. The van der Waals surface area contributed by atoms with Crippen LogP contribution in [0.25, 0.3) is 33.0 Å². The van der Waals surface area contributed by atoms with Gasteiger partial charge >= 0.3 is 0 Å². The molecule has 0 saturated heterocycles. The van der Waals surface area contributed by atoms with Crippen LogP contribution >= 0.6 is 0 Å². The first-order valence-corrected chi connectivity index (χ1v) is 12.6. The Kier molecular flexibility index (Phi) is 6.12. The van der Waals surface area contributed by atoms with E-state index in [1.165, 1.54) is 0 Å². The van der Waals surface area contributed by atoms with Crippen LogP contribution in [0.4, 0.5) is 5.69 Å². The van der Waals surface area contributed by atoms with E-state index in [0.717, 1.165) is 46.3 Å². The summed E-state index contributed by atoms with van der Waals surface area (Å²) in [5, 5.41) is 9.01. The number of hydrogen-bond donors (Lipinski definition) is 1. The third kappa shape index (κ3) is 4.30. The summed E-state index contributed by atoms with van der Waals surface area (Å²) in [5.41, 5.74) is 4.15. The fourth-order valence-corrected chi connectivity index (χ4v) is 4.86. The van der Waals surface area contributed by atoms with Crippen LogP contribution in [0.3, 0.4) is 0 Å². The van der Waals surface area contributed by atoms with Crippen LogP contribution in [0.2, 0.25) is 0 Å². The monoisotopic (exact) mass is 464 g/mol. The lowest BCUT2D eigenvalue weighted by Gasteiger charge is -2.17. The van der Waals surface area contributed by atoms with E-state index < -0.39 is 9.84 Å². The molecule has 8 heteroatoms. The second-order valence-electron chi connectivity index (χ2n) is 8.16. The van der Waals surface area contributed by atoms with E-state index in [4.69, 9.17) is 0 Å². The zero-order valence-corrected chi connectivity index (χ0v) is 20.1. The van der Waals surface area contributed by atoms with Crippen molar-refractivity contribution in [3.05, 3.63) is 65.3 Å². The quantitative estimate of drug-likeness (QED) is 0.443. The lowest BCUT2D eigenvalue weighted by atomic mass is 9.96. The van der Waals surface area contributed by atoms with Gasteiger partial charge in [-0.25, -0.2) is 8.42 Å². The molecule has 1 N–H and O–H groups in total. The number of sulfone groups is 1. The van der Waals surface area contributed by atoms with Crippen molar-refractivity contribution in [2.24, 2.45) is 14.1 Å². The molecule has 0 aliphatic rings. The number of aromatic nitrogens is 3. The molecule has 172 valence electrons. The zero-order valence-electron chi connectivity index (χ0n) is 19.3. The van der Waals surface area contributed by atoms with Crippen molar-refractivity contribution in [3.63, 3.8) is 0 Å². The number of rotatable bonds is 7. The molecule has 0 spiro atoms. The first kappa shape index (κ1) is 22.8. The molecule has 0 aliphatic carbocycles. The summed E-state index contributed by atoms with van der Waals surface area (Å²) in [6.07, 6.45) is 6.41. The maximum absolute atomic E-state index is 12.9. The number of nitrogens with one attached hydrogen (secondary N) is 1. The number of nitrogens with zero attached hydrogens (tertiary/aromatic N) is 3. The van der Waals surface area contributed by atoms with Gasteiger partial charge in [0.05, 0.1) is 16.8 Å². The molecular formula is C25H28N4O3S. The van der Waals surface area contributed by atoms with Crippen molar-refractivity contribution in [2.45, 2.75) is 25.2 Å². The van der Waals surface area contributed by atoms with Gasteiger partial charge in [0.1, 0.15) is 0 Å². The first-order valence-electron chi connectivity index (χ1n) is 11.0. The summed E-state index contributed by atoms with van der Waals surface area (Å²) >= 11 is 0. The van der Waals surface area contributed by atoms with Crippen LogP contribution in [0.15, 0.2) is 64.7 Å². The van der Waals surface area contributed by atoms with Gasteiger partial charge < -0.3 is 9.88 Å². The minimum Gasteiger partial charge on any atom is -0.385 e. The number of hydrogen-bond acceptors (Lipinski definition) is 5. The van der Waals surface area contributed by atoms with E-state index >= 15 is 0 Å². The highest BCUT2D eigenvalue weighted by Gasteiger charge is 2.18. The Labute approximate surface area is 193 Å². The van der Waals surface area contributed by atoms with Gasteiger partial charge in [0.2, 0.25) is 0 Å². The van der Waals surface area contributed by atoms with Crippen molar-refractivity contribution in [1.29, 1.82) is 0 Å². The van der Waals surface area contributed by atoms with E-state index in [-0.39, 0.29) is 16.2 Å². The van der Waals surface area contributed by atoms with Crippen LogP contribution in [0, 0.1) is 0 Å². The fraction of sp³-hybridized carbons (Fsp3) is 0.280. The molecule has 2 aromatic carbocycles. The molecule has 0 radical (unpaired) electrons. The predicted molar refractivity (Wildman–Crippen MR) is 133 cm³/mol. The van der Waals surface area contributed by atoms with Gasteiger partial charge in [0, 0.05) is 60.8 Å². The van der Waals surface area contributed by atoms with Crippen LogP contribution in [-0.4, -0.2) is 35.1 Å². The van der Waals surface area contributed by atoms with E-state index in [2.05, 4.69) is 17.3 Å². The van der Waals surface area contributed by atoms with E-state index in [9.17, 15) is 13.2 Å². The first-order chi connectivity index (χ1) is 15.7. The maximum Gasteiger partial charge on any atom is 0.258 e. The third-order valence-corrected chi connectivity index (χ3v) is 7.54. The summed E-state index contributed by atoms with van der Waals surface area (Å²) < 4.78 is 28.6. The van der Waals surface area contributed by atoms with Gasteiger partial charge in [0.15, 0.2) is 9.84 Å². The molecule has 0 unspecified atom stereocenters. The van der Waals surface area contributed by atoms with Gasteiger partial charge in [-0.2, -0.15) is 5.10 Å². The van der Waals surface area contributed by atoms with E-state index in [0.29, 0.717) is 5.39 Å². The number of pyridine rings is 1. The third-order valence-electron chi connectivity index (χ3n) is 5.81. The number of anilines is 1. The van der Waals surface area contributed by atoms with Crippen molar-refractivity contribution in [1.82, 2.24) is 14.3 Å². The molecule has 0 aliphatic heterocycles. The predicted octanol–water partition coefficient (Wildman–Crippen LogP) is 4.22. The van der Waals surface area contributed by atoms with Crippen molar-refractivity contribution in [2.75, 3.05) is 17.6 Å². The average molecular weight is 465 g/mol. The van der Waals surface area contributed by atoms with Crippen molar-refractivity contribution < 1.29 is 8.42 Å². The van der Waals surface area contributed by atoms with Crippen LogP contribution in [0.5, 0.6) is 0 Å². The summed E-state index contributed by atoms with van der Waals surface area (Å²) in [5.74, 6) is 0.0212. The van der Waals surface area contributed by atoms with Crippen molar-refractivity contribution >= 4 is 26.3 Å². The average Bonchev–Trinajstić information content (AvgIpc) is 3.26. The lowest BCUT2D eigenvalue weighted by molar-refractivity contribution is 0.597. The topological polar surface area (TPSA) is 86.0 Å². The van der Waals surface area contributed by atoms with Gasteiger partial charge in [-0.3, -0.25) is 9.48 Å². The Morgan fingerprint density at radius 1 is 0.939 bits per heavy atom. The number of fused-ring (bicyclic) bond motifs is 1. The summed E-state index contributed by atoms with van der Waals surface area (Å²) in [7, 11) is 0.179. The second kappa shape index (κ2) is 8.86. The highest BCUT2D eigenvalue weighted by Crippen LogP contribution is 2.36. The molecular weight excluding hydrogens is 436 g/mol. The Hall–Kier alpha value is -3.39. The Morgan fingerprint density at radius 3 is 2.39 bits per heavy atom. The molecule has 33 heavy (non-hydrogen) atoms. The van der Waals surface area contributed by atoms with Crippen LogP contribution in [-0.2, 0) is 23.9 Å². The molecule has 0 bridgehead atoms. The Balaban J connectivity index is 2.04. The van der Waals surface area contributed by atoms with Crippen LogP contribution in [0.1, 0.15) is 20.3 Å². The van der Waals surface area contributed by atoms with Gasteiger partial charge in [0.25, 0.3) is 5.56 Å².